The van der Waals surface area contributed by atoms with Crippen LogP contribution >= 0.6 is 0 Å². The van der Waals surface area contributed by atoms with E-state index in [2.05, 4.69) is 21.1 Å². The molecule has 0 aromatic carbocycles. The summed E-state index contributed by atoms with van der Waals surface area (Å²) in [6.07, 6.45) is 6.95. The zero-order valence-corrected chi connectivity index (χ0v) is 11.2. The number of hydrogen-bond donors (Lipinski definition) is 2. The molecule has 20 heavy (non-hydrogen) atoms. The number of rotatable bonds is 4. The molecule has 1 aliphatic heterocycles. The van der Waals surface area contributed by atoms with Gasteiger partial charge in [0.25, 0.3) is 0 Å². The van der Waals surface area contributed by atoms with Gasteiger partial charge in [0.1, 0.15) is 5.82 Å². The first-order valence-electron chi connectivity index (χ1n) is 6.49. The Balaban J connectivity index is 1.94. The second-order valence-corrected chi connectivity index (χ2v) is 4.51. The van der Waals surface area contributed by atoms with Crippen LogP contribution in [0.1, 0.15) is 6.42 Å². The number of carbonyl (C=O) groups excluding carboxylic acids is 1. The zero-order chi connectivity index (χ0) is 14.4. The highest BCUT2D eigenvalue weighted by Gasteiger charge is 2.14. The van der Waals surface area contributed by atoms with E-state index in [1.54, 1.807) is 12.3 Å². The van der Waals surface area contributed by atoms with Crippen molar-refractivity contribution in [2.45, 2.75) is 12.5 Å². The normalized spacial score (nSPS) is 16.3. The predicted octanol–water partition coefficient (Wildman–Crippen LogP) is 0.207. The maximum absolute atomic E-state index is 11.7. The summed E-state index contributed by atoms with van der Waals surface area (Å²) in [5.41, 5.74) is 6.24. The van der Waals surface area contributed by atoms with Crippen LogP contribution in [0.4, 0.5) is 11.5 Å². The Hall–Kier alpha value is -2.10. The lowest BCUT2D eigenvalue weighted by Crippen LogP contribution is -2.37. The molecule has 1 unspecified atom stereocenters. The van der Waals surface area contributed by atoms with Crippen molar-refractivity contribution in [3.8, 4) is 12.3 Å². The maximum atomic E-state index is 11.7. The van der Waals surface area contributed by atoms with Crippen LogP contribution in [-0.4, -0.2) is 43.2 Å². The maximum Gasteiger partial charge on any atom is 0.242 e. The molecule has 106 valence electrons. The molecule has 1 fully saturated rings. The number of anilines is 2. The minimum Gasteiger partial charge on any atom is -0.378 e. The van der Waals surface area contributed by atoms with Crippen molar-refractivity contribution in [2.75, 3.05) is 36.5 Å². The third-order valence-electron chi connectivity index (χ3n) is 3.03. The Bertz CT molecular complexity index is 489. The van der Waals surface area contributed by atoms with E-state index < -0.39 is 6.04 Å². The fourth-order valence-corrected chi connectivity index (χ4v) is 1.89. The van der Waals surface area contributed by atoms with Gasteiger partial charge in [0, 0.05) is 19.5 Å². The molecule has 2 rings (SSSR count). The summed E-state index contributed by atoms with van der Waals surface area (Å²) in [5, 5.41) is 2.69. The first-order valence-corrected chi connectivity index (χ1v) is 6.49. The highest BCUT2D eigenvalue weighted by Crippen LogP contribution is 2.15. The number of nitrogens with one attached hydrogen (secondary N) is 1. The SMILES string of the molecule is C#CCC(N)C(=O)Nc1ccc(N2CCOCC2)nc1. The lowest BCUT2D eigenvalue weighted by Gasteiger charge is -2.27. The van der Waals surface area contributed by atoms with E-state index in [1.807, 2.05) is 6.07 Å². The Morgan fingerprint density at radius 2 is 2.30 bits per heavy atom. The molecule has 1 atom stereocenters. The summed E-state index contributed by atoms with van der Waals surface area (Å²) in [7, 11) is 0. The van der Waals surface area contributed by atoms with Crippen molar-refractivity contribution < 1.29 is 9.53 Å². The number of hydrogen-bond acceptors (Lipinski definition) is 5. The molecule has 6 heteroatoms. The topological polar surface area (TPSA) is 80.5 Å². The van der Waals surface area contributed by atoms with Crippen molar-refractivity contribution in [3.63, 3.8) is 0 Å². The minimum atomic E-state index is -0.695. The molecule has 6 nitrogen and oxygen atoms in total. The summed E-state index contributed by atoms with van der Waals surface area (Å²) in [6.45, 7) is 3.07. The first-order chi connectivity index (χ1) is 9.70. The Morgan fingerprint density at radius 1 is 1.55 bits per heavy atom. The number of aromatic nitrogens is 1. The van der Waals surface area contributed by atoms with Crippen molar-refractivity contribution >= 4 is 17.4 Å². The van der Waals surface area contributed by atoms with Gasteiger partial charge < -0.3 is 20.7 Å². The lowest BCUT2D eigenvalue weighted by molar-refractivity contribution is -0.117. The summed E-state index contributed by atoms with van der Waals surface area (Å²) >= 11 is 0. The highest BCUT2D eigenvalue weighted by molar-refractivity contribution is 5.94. The van der Waals surface area contributed by atoms with Gasteiger partial charge in [-0.1, -0.05) is 0 Å². The first kappa shape index (κ1) is 14.3. The molecule has 0 aliphatic carbocycles. The molecule has 2 heterocycles. The number of nitrogens with zero attached hydrogens (tertiary/aromatic N) is 2. The number of pyridine rings is 1. The Labute approximate surface area is 118 Å². The van der Waals surface area contributed by atoms with Crippen LogP contribution in [0, 0.1) is 12.3 Å². The van der Waals surface area contributed by atoms with E-state index in [9.17, 15) is 4.79 Å². The predicted molar refractivity (Wildman–Crippen MR) is 77.3 cm³/mol. The van der Waals surface area contributed by atoms with Gasteiger partial charge in [-0.2, -0.15) is 0 Å². The van der Waals surface area contributed by atoms with Gasteiger partial charge in [-0.05, 0) is 12.1 Å². The van der Waals surface area contributed by atoms with E-state index in [0.29, 0.717) is 18.9 Å². The van der Waals surface area contributed by atoms with Crippen molar-refractivity contribution in [1.82, 2.24) is 4.98 Å². The monoisotopic (exact) mass is 274 g/mol. The number of morpholine rings is 1. The molecule has 0 bridgehead atoms. The molecule has 1 aromatic heterocycles. The third-order valence-corrected chi connectivity index (χ3v) is 3.03. The van der Waals surface area contributed by atoms with Crippen LogP contribution in [0.5, 0.6) is 0 Å². The van der Waals surface area contributed by atoms with Crippen LogP contribution in [0.3, 0.4) is 0 Å². The van der Waals surface area contributed by atoms with E-state index in [0.717, 1.165) is 18.9 Å². The summed E-state index contributed by atoms with van der Waals surface area (Å²) in [6, 6.07) is 2.98. The summed E-state index contributed by atoms with van der Waals surface area (Å²) < 4.78 is 5.29. The van der Waals surface area contributed by atoms with Crippen LogP contribution in [0.2, 0.25) is 0 Å². The van der Waals surface area contributed by atoms with E-state index in [-0.39, 0.29) is 12.3 Å². The highest BCUT2D eigenvalue weighted by atomic mass is 16.5. The molecule has 0 radical (unpaired) electrons. The summed E-state index contributed by atoms with van der Waals surface area (Å²) in [5.74, 6) is 2.94. The smallest absolute Gasteiger partial charge is 0.242 e. The zero-order valence-electron chi connectivity index (χ0n) is 11.2. The minimum absolute atomic E-state index is 0.213. The number of terminal acetylenes is 1. The average Bonchev–Trinajstić information content (AvgIpc) is 2.49. The Morgan fingerprint density at radius 3 is 2.90 bits per heavy atom. The van der Waals surface area contributed by atoms with Gasteiger partial charge in [-0.25, -0.2) is 4.98 Å². The lowest BCUT2D eigenvalue weighted by atomic mass is 10.2. The molecule has 1 saturated heterocycles. The second-order valence-electron chi connectivity index (χ2n) is 4.51. The average molecular weight is 274 g/mol. The molecule has 0 saturated carbocycles. The van der Waals surface area contributed by atoms with Crippen LogP contribution in [0.15, 0.2) is 18.3 Å². The van der Waals surface area contributed by atoms with Crippen LogP contribution in [0.25, 0.3) is 0 Å². The standard InChI is InChI=1S/C14H18N4O2/c1-2-3-12(15)14(19)17-11-4-5-13(16-10-11)18-6-8-20-9-7-18/h1,4-5,10,12H,3,6-9,15H2,(H,17,19). The van der Waals surface area contributed by atoms with E-state index in [4.69, 9.17) is 16.9 Å². The fourth-order valence-electron chi connectivity index (χ4n) is 1.89. The van der Waals surface area contributed by atoms with Crippen molar-refractivity contribution in [2.24, 2.45) is 5.73 Å². The van der Waals surface area contributed by atoms with Gasteiger partial charge in [-0.3, -0.25) is 4.79 Å². The summed E-state index contributed by atoms with van der Waals surface area (Å²) in [4.78, 5) is 18.2. The molecule has 0 spiro atoms. The number of nitrogens with two attached hydrogens (primary N) is 1. The van der Waals surface area contributed by atoms with E-state index in [1.165, 1.54) is 0 Å². The Kier molecular flexibility index (Phi) is 4.93. The largest absolute Gasteiger partial charge is 0.378 e. The van der Waals surface area contributed by atoms with Gasteiger partial charge in [0.15, 0.2) is 0 Å². The molecule has 1 amide bonds. The second kappa shape index (κ2) is 6.89. The van der Waals surface area contributed by atoms with Crippen LogP contribution < -0.4 is 16.0 Å². The fraction of sp³-hybridized carbons (Fsp3) is 0.429. The van der Waals surface area contributed by atoms with Gasteiger partial charge in [-0.15, -0.1) is 12.3 Å². The molecule has 1 aliphatic rings. The molecular weight excluding hydrogens is 256 g/mol. The van der Waals surface area contributed by atoms with Gasteiger partial charge >= 0.3 is 0 Å². The molecule has 3 N–H and O–H groups in total. The molecular formula is C14H18N4O2. The number of carbonyl (C=O) groups is 1. The van der Waals surface area contributed by atoms with Gasteiger partial charge in [0.2, 0.25) is 5.91 Å². The van der Waals surface area contributed by atoms with Crippen molar-refractivity contribution in [3.05, 3.63) is 18.3 Å². The van der Waals surface area contributed by atoms with E-state index >= 15 is 0 Å². The third kappa shape index (κ3) is 3.70. The number of ether oxygens (including phenoxy) is 1. The quantitative estimate of drug-likeness (QED) is 0.767. The number of amides is 1. The molecule has 1 aromatic rings. The van der Waals surface area contributed by atoms with Crippen LogP contribution in [-0.2, 0) is 9.53 Å². The van der Waals surface area contributed by atoms with Crippen molar-refractivity contribution in [1.29, 1.82) is 0 Å². The van der Waals surface area contributed by atoms with Gasteiger partial charge in [0.05, 0.1) is 31.1 Å².